The SMILES string of the molecule is CCC(C)(CCNC(=O)CCC(=O)On1c(O)ccc1O)OCCC(C)(C)NC(=O)CC1CCCCC#CC1(F)F. The lowest BCUT2D eigenvalue weighted by Crippen LogP contribution is -2.46. The summed E-state index contributed by atoms with van der Waals surface area (Å²) in [6.45, 7) is 8.11. The Labute approximate surface area is 240 Å². The van der Waals surface area contributed by atoms with Crippen LogP contribution in [0.25, 0.3) is 0 Å². The molecule has 41 heavy (non-hydrogen) atoms. The number of amides is 2. The second-order valence-electron chi connectivity index (χ2n) is 11.3. The molecule has 230 valence electrons. The molecule has 1 aliphatic rings. The van der Waals surface area contributed by atoms with E-state index in [1.165, 1.54) is 0 Å². The number of carbonyl (C=O) groups is 3. The first kappa shape index (κ1) is 33.9. The topological polar surface area (TPSA) is 139 Å². The molecule has 0 saturated carbocycles. The van der Waals surface area contributed by atoms with Gasteiger partial charge in [0.05, 0.1) is 12.0 Å². The average molecular weight is 584 g/mol. The van der Waals surface area contributed by atoms with Gasteiger partial charge in [0.2, 0.25) is 23.6 Å². The molecule has 2 atom stereocenters. The lowest BCUT2D eigenvalue weighted by Gasteiger charge is -2.33. The Balaban J connectivity index is 1.71. The van der Waals surface area contributed by atoms with Crippen molar-refractivity contribution in [2.45, 2.75) is 109 Å². The molecule has 1 aromatic rings. The molecule has 1 aromatic heterocycles. The van der Waals surface area contributed by atoms with Crippen LogP contribution in [0.4, 0.5) is 8.78 Å². The first-order valence-corrected chi connectivity index (χ1v) is 14.1. The van der Waals surface area contributed by atoms with E-state index in [0.717, 1.165) is 18.6 Å². The van der Waals surface area contributed by atoms with Gasteiger partial charge in [0.15, 0.2) is 0 Å². The molecule has 0 saturated heterocycles. The van der Waals surface area contributed by atoms with Crippen molar-refractivity contribution in [2.75, 3.05) is 13.2 Å². The van der Waals surface area contributed by atoms with Crippen LogP contribution in [-0.4, -0.2) is 62.9 Å². The summed E-state index contributed by atoms with van der Waals surface area (Å²) >= 11 is 0. The molecule has 0 aliphatic heterocycles. The number of carbonyl (C=O) groups excluding carboxylic acids is 3. The maximum absolute atomic E-state index is 14.4. The van der Waals surface area contributed by atoms with Gasteiger partial charge in [-0.2, -0.15) is 8.78 Å². The third kappa shape index (κ3) is 11.6. The van der Waals surface area contributed by atoms with Crippen LogP contribution in [0.1, 0.15) is 91.9 Å². The number of rotatable bonds is 15. The Morgan fingerprint density at radius 2 is 1.78 bits per heavy atom. The highest BCUT2D eigenvalue weighted by atomic mass is 19.3. The van der Waals surface area contributed by atoms with E-state index in [0.29, 0.717) is 50.0 Å². The number of ether oxygens (including phenoxy) is 1. The molecule has 2 unspecified atom stereocenters. The van der Waals surface area contributed by atoms with Crippen LogP contribution < -0.4 is 15.5 Å². The molecule has 0 radical (unpaired) electrons. The number of nitrogens with one attached hydrogen (secondary N) is 2. The van der Waals surface area contributed by atoms with Crippen molar-refractivity contribution >= 4 is 17.8 Å². The Morgan fingerprint density at radius 1 is 1.10 bits per heavy atom. The molecule has 0 aromatic carbocycles. The smallest absolute Gasteiger partial charge is 0.333 e. The summed E-state index contributed by atoms with van der Waals surface area (Å²) in [6.07, 6.45) is 3.02. The zero-order valence-electron chi connectivity index (χ0n) is 24.4. The van der Waals surface area contributed by atoms with E-state index in [9.17, 15) is 33.4 Å². The second kappa shape index (κ2) is 15.1. The van der Waals surface area contributed by atoms with Crippen molar-refractivity contribution in [1.82, 2.24) is 15.4 Å². The highest BCUT2D eigenvalue weighted by Crippen LogP contribution is 2.33. The van der Waals surface area contributed by atoms with Gasteiger partial charge in [-0.05, 0) is 58.8 Å². The molecule has 2 rings (SSSR count). The van der Waals surface area contributed by atoms with E-state index < -0.39 is 46.6 Å². The third-order valence-corrected chi connectivity index (χ3v) is 7.23. The number of halogens is 2. The maximum atomic E-state index is 14.4. The number of aromatic hydroxyl groups is 2. The predicted octanol–water partition coefficient (Wildman–Crippen LogP) is 3.83. The largest absolute Gasteiger partial charge is 0.492 e. The van der Waals surface area contributed by atoms with Gasteiger partial charge < -0.3 is 30.4 Å². The fourth-order valence-electron chi connectivity index (χ4n) is 4.33. The summed E-state index contributed by atoms with van der Waals surface area (Å²) in [6, 6.07) is 2.30. The Bertz CT molecular complexity index is 1090. The summed E-state index contributed by atoms with van der Waals surface area (Å²) in [7, 11) is 0. The minimum absolute atomic E-state index is 0.140. The maximum Gasteiger partial charge on any atom is 0.333 e. The highest BCUT2D eigenvalue weighted by molar-refractivity contribution is 5.81. The molecule has 4 N–H and O–H groups in total. The molecule has 1 heterocycles. The third-order valence-electron chi connectivity index (χ3n) is 7.23. The first-order chi connectivity index (χ1) is 19.2. The van der Waals surface area contributed by atoms with Crippen LogP contribution in [0.5, 0.6) is 11.8 Å². The highest BCUT2D eigenvalue weighted by Gasteiger charge is 2.39. The van der Waals surface area contributed by atoms with Crippen LogP contribution in [0, 0.1) is 17.8 Å². The fraction of sp³-hybridized carbons (Fsp3) is 0.690. The lowest BCUT2D eigenvalue weighted by atomic mass is 9.89. The molecular formula is C29H43F2N3O7. The second-order valence-corrected chi connectivity index (χ2v) is 11.3. The van der Waals surface area contributed by atoms with Crippen molar-refractivity contribution < 1.29 is 43.0 Å². The summed E-state index contributed by atoms with van der Waals surface area (Å²) < 4.78 is 35.4. The zero-order valence-corrected chi connectivity index (χ0v) is 24.4. The van der Waals surface area contributed by atoms with Crippen molar-refractivity contribution in [3.63, 3.8) is 0 Å². The molecule has 12 heteroatoms. The lowest BCUT2D eigenvalue weighted by molar-refractivity contribution is -0.146. The van der Waals surface area contributed by atoms with Crippen molar-refractivity contribution in [3.05, 3.63) is 12.1 Å². The van der Waals surface area contributed by atoms with Crippen molar-refractivity contribution in [3.8, 4) is 23.6 Å². The predicted molar refractivity (Wildman–Crippen MR) is 147 cm³/mol. The number of aromatic nitrogens is 1. The van der Waals surface area contributed by atoms with Crippen LogP contribution in [0.3, 0.4) is 0 Å². The normalized spacial score (nSPS) is 18.1. The fourth-order valence-corrected chi connectivity index (χ4v) is 4.33. The van der Waals surface area contributed by atoms with E-state index in [1.807, 2.05) is 33.6 Å². The van der Waals surface area contributed by atoms with Gasteiger partial charge in [-0.1, -0.05) is 19.3 Å². The standard InChI is InChI=1S/C29H43F2N3O7/c1-5-28(4,16-18-32-22(35)11-14-26(39)41-34-24(37)12-13-25(34)38)40-19-17-27(2,3)33-23(36)20-21-10-8-6-7-9-15-29(21,30)31/h12-13,21,37-38H,5-8,10-11,14,16-20H2,1-4H3,(H,32,35)(H,33,36). The Hall–Kier alpha value is -3.33. The summed E-state index contributed by atoms with van der Waals surface area (Å²) in [5.74, 6) is -2.24. The van der Waals surface area contributed by atoms with Crippen molar-refractivity contribution in [2.24, 2.45) is 5.92 Å². The van der Waals surface area contributed by atoms with E-state index in [1.54, 1.807) is 0 Å². The van der Waals surface area contributed by atoms with E-state index >= 15 is 0 Å². The molecule has 10 nitrogen and oxygen atoms in total. The van der Waals surface area contributed by atoms with Gasteiger partial charge in [0.25, 0.3) is 0 Å². The number of nitrogens with zero attached hydrogens (tertiary/aromatic N) is 1. The molecule has 0 bridgehead atoms. The van der Waals surface area contributed by atoms with Gasteiger partial charge in [0, 0.05) is 56.0 Å². The molecular weight excluding hydrogens is 540 g/mol. The first-order valence-electron chi connectivity index (χ1n) is 14.1. The number of hydrogen-bond donors (Lipinski definition) is 4. The van der Waals surface area contributed by atoms with Crippen molar-refractivity contribution in [1.29, 1.82) is 0 Å². The van der Waals surface area contributed by atoms with Gasteiger partial charge in [0.1, 0.15) is 0 Å². The average Bonchev–Trinajstić information content (AvgIpc) is 3.19. The summed E-state index contributed by atoms with van der Waals surface area (Å²) in [5.41, 5.74) is -1.24. The van der Waals surface area contributed by atoms with Crippen LogP contribution in [0.15, 0.2) is 12.1 Å². The van der Waals surface area contributed by atoms with E-state index in [-0.39, 0.29) is 31.6 Å². The minimum Gasteiger partial charge on any atom is -0.492 e. The summed E-state index contributed by atoms with van der Waals surface area (Å²) in [4.78, 5) is 41.5. The molecule has 2 amide bonds. The Morgan fingerprint density at radius 3 is 2.44 bits per heavy atom. The van der Waals surface area contributed by atoms with Crippen LogP contribution in [0.2, 0.25) is 0 Å². The van der Waals surface area contributed by atoms with E-state index in [2.05, 4.69) is 16.6 Å². The minimum atomic E-state index is -3.18. The molecule has 1 aliphatic carbocycles. The Kier molecular flexibility index (Phi) is 12.4. The number of alkyl halides is 2. The van der Waals surface area contributed by atoms with Crippen LogP contribution in [-0.2, 0) is 19.1 Å². The molecule has 0 fully saturated rings. The monoisotopic (exact) mass is 583 g/mol. The van der Waals surface area contributed by atoms with Gasteiger partial charge in [-0.3, -0.25) is 9.59 Å². The van der Waals surface area contributed by atoms with Crippen LogP contribution >= 0.6 is 0 Å². The zero-order chi connectivity index (χ0) is 30.7. The number of hydrogen-bond acceptors (Lipinski definition) is 7. The van der Waals surface area contributed by atoms with E-state index in [4.69, 9.17) is 9.57 Å². The quantitative estimate of drug-likeness (QED) is 0.230. The van der Waals surface area contributed by atoms with Gasteiger partial charge >= 0.3 is 11.9 Å². The van der Waals surface area contributed by atoms with Gasteiger partial charge in [-0.25, -0.2) is 4.79 Å². The van der Waals surface area contributed by atoms with Gasteiger partial charge in [-0.15, -0.1) is 4.73 Å². The summed E-state index contributed by atoms with van der Waals surface area (Å²) in [5, 5.41) is 24.6. The molecule has 0 spiro atoms.